The average molecular weight is 191 g/mol. The van der Waals surface area contributed by atoms with Crippen molar-refractivity contribution in [3.05, 3.63) is 34.9 Å². The van der Waals surface area contributed by atoms with Crippen molar-refractivity contribution in [3.63, 3.8) is 0 Å². The molecule has 0 radical (unpaired) electrons. The van der Waals surface area contributed by atoms with Gasteiger partial charge in [0.25, 0.3) is 0 Å². The SMILES string of the molecule is Cc1cc(C)cc(C(C)CCCN)c1. The fourth-order valence-corrected chi connectivity index (χ4v) is 1.89. The molecule has 0 aliphatic carbocycles. The van der Waals surface area contributed by atoms with Gasteiger partial charge in [0.15, 0.2) is 0 Å². The fraction of sp³-hybridized carbons (Fsp3) is 0.538. The smallest absolute Gasteiger partial charge is 0.00771 e. The lowest BCUT2D eigenvalue weighted by molar-refractivity contribution is 0.640. The second-order valence-corrected chi connectivity index (χ2v) is 4.25. The maximum atomic E-state index is 5.51. The maximum Gasteiger partial charge on any atom is -0.00771 e. The van der Waals surface area contributed by atoms with E-state index >= 15 is 0 Å². The Bertz CT molecular complexity index is 271. The van der Waals surface area contributed by atoms with Crippen molar-refractivity contribution in [2.75, 3.05) is 6.54 Å². The second kappa shape index (κ2) is 5.16. The summed E-state index contributed by atoms with van der Waals surface area (Å²) in [5, 5.41) is 0. The Balaban J connectivity index is 2.73. The van der Waals surface area contributed by atoms with Crippen LogP contribution in [0.15, 0.2) is 18.2 Å². The third-order valence-corrected chi connectivity index (χ3v) is 2.65. The fourth-order valence-electron chi connectivity index (χ4n) is 1.89. The largest absolute Gasteiger partial charge is 0.330 e. The minimum Gasteiger partial charge on any atom is -0.330 e. The van der Waals surface area contributed by atoms with E-state index in [1.165, 1.54) is 23.1 Å². The molecule has 1 aromatic rings. The molecule has 78 valence electrons. The molecule has 0 aliphatic rings. The Labute approximate surface area is 87.3 Å². The Morgan fingerprint density at radius 3 is 2.21 bits per heavy atom. The van der Waals surface area contributed by atoms with Gasteiger partial charge in [-0.2, -0.15) is 0 Å². The van der Waals surface area contributed by atoms with Crippen LogP contribution in [0.25, 0.3) is 0 Å². The molecule has 1 nitrogen and oxygen atoms in total. The molecule has 1 heteroatoms. The number of nitrogens with two attached hydrogens (primary N) is 1. The highest BCUT2D eigenvalue weighted by molar-refractivity contribution is 5.30. The van der Waals surface area contributed by atoms with Gasteiger partial charge >= 0.3 is 0 Å². The number of hydrogen-bond donors (Lipinski definition) is 1. The number of aryl methyl sites for hydroxylation is 2. The van der Waals surface area contributed by atoms with E-state index in [-0.39, 0.29) is 0 Å². The van der Waals surface area contributed by atoms with Crippen molar-refractivity contribution in [2.24, 2.45) is 5.73 Å². The summed E-state index contributed by atoms with van der Waals surface area (Å²) < 4.78 is 0. The van der Waals surface area contributed by atoms with Gasteiger partial charge in [0, 0.05) is 0 Å². The molecule has 1 aromatic carbocycles. The number of benzene rings is 1. The number of rotatable bonds is 4. The summed E-state index contributed by atoms with van der Waals surface area (Å²) in [6.45, 7) is 7.40. The van der Waals surface area contributed by atoms with E-state index in [1.807, 2.05) is 0 Å². The molecule has 0 fully saturated rings. The zero-order valence-corrected chi connectivity index (χ0v) is 9.51. The molecular formula is C13H21N. The van der Waals surface area contributed by atoms with Crippen LogP contribution in [-0.4, -0.2) is 6.54 Å². The van der Waals surface area contributed by atoms with Crippen LogP contribution in [0.5, 0.6) is 0 Å². The highest BCUT2D eigenvalue weighted by Gasteiger charge is 2.05. The van der Waals surface area contributed by atoms with Gasteiger partial charge in [-0.15, -0.1) is 0 Å². The van der Waals surface area contributed by atoms with Gasteiger partial charge in [-0.25, -0.2) is 0 Å². The van der Waals surface area contributed by atoms with E-state index < -0.39 is 0 Å². The lowest BCUT2D eigenvalue weighted by atomic mass is 9.93. The van der Waals surface area contributed by atoms with E-state index in [1.54, 1.807) is 0 Å². The first-order chi connectivity index (χ1) is 6.63. The molecule has 1 rings (SSSR count). The van der Waals surface area contributed by atoms with Crippen LogP contribution in [0.2, 0.25) is 0 Å². The summed E-state index contributed by atoms with van der Waals surface area (Å²) in [4.78, 5) is 0. The first-order valence-corrected chi connectivity index (χ1v) is 5.41. The van der Waals surface area contributed by atoms with Crippen molar-refractivity contribution in [1.82, 2.24) is 0 Å². The molecular weight excluding hydrogens is 170 g/mol. The minimum absolute atomic E-state index is 0.636. The summed E-state index contributed by atoms with van der Waals surface area (Å²) in [7, 11) is 0. The summed E-state index contributed by atoms with van der Waals surface area (Å²) >= 11 is 0. The summed E-state index contributed by atoms with van der Waals surface area (Å²) in [5.74, 6) is 0.636. The first-order valence-electron chi connectivity index (χ1n) is 5.41. The lowest BCUT2D eigenvalue weighted by Gasteiger charge is -2.12. The molecule has 0 aliphatic heterocycles. The molecule has 0 aromatic heterocycles. The molecule has 1 atom stereocenters. The monoisotopic (exact) mass is 191 g/mol. The van der Waals surface area contributed by atoms with Crippen LogP contribution >= 0.6 is 0 Å². The highest BCUT2D eigenvalue weighted by Crippen LogP contribution is 2.22. The van der Waals surface area contributed by atoms with E-state index in [0.717, 1.165) is 13.0 Å². The minimum atomic E-state index is 0.636. The molecule has 0 bridgehead atoms. The van der Waals surface area contributed by atoms with Crippen molar-refractivity contribution in [1.29, 1.82) is 0 Å². The van der Waals surface area contributed by atoms with E-state index in [9.17, 15) is 0 Å². The summed E-state index contributed by atoms with van der Waals surface area (Å²) in [6.07, 6.45) is 2.31. The van der Waals surface area contributed by atoms with Crippen LogP contribution in [0.1, 0.15) is 42.4 Å². The normalized spacial score (nSPS) is 12.9. The van der Waals surface area contributed by atoms with Gasteiger partial charge in [0.1, 0.15) is 0 Å². The van der Waals surface area contributed by atoms with Crippen LogP contribution in [0, 0.1) is 13.8 Å². The lowest BCUT2D eigenvalue weighted by Crippen LogP contribution is -2.02. The molecule has 2 N–H and O–H groups in total. The van der Waals surface area contributed by atoms with Gasteiger partial charge < -0.3 is 5.73 Å². The average Bonchev–Trinajstić information content (AvgIpc) is 2.12. The molecule has 0 saturated heterocycles. The third kappa shape index (κ3) is 3.15. The molecule has 0 saturated carbocycles. The summed E-state index contributed by atoms with van der Waals surface area (Å²) in [6, 6.07) is 6.79. The topological polar surface area (TPSA) is 26.0 Å². The van der Waals surface area contributed by atoms with Gasteiger partial charge in [-0.3, -0.25) is 0 Å². The molecule has 14 heavy (non-hydrogen) atoms. The Morgan fingerprint density at radius 2 is 1.71 bits per heavy atom. The predicted octanol–water partition coefficient (Wildman–Crippen LogP) is 3.15. The third-order valence-electron chi connectivity index (χ3n) is 2.65. The zero-order valence-electron chi connectivity index (χ0n) is 9.51. The van der Waals surface area contributed by atoms with Crippen LogP contribution in [0.3, 0.4) is 0 Å². The van der Waals surface area contributed by atoms with E-state index in [0.29, 0.717) is 5.92 Å². The molecule has 0 amide bonds. The van der Waals surface area contributed by atoms with Gasteiger partial charge in [-0.1, -0.05) is 36.2 Å². The van der Waals surface area contributed by atoms with Gasteiger partial charge in [-0.05, 0) is 44.7 Å². The van der Waals surface area contributed by atoms with Crippen molar-refractivity contribution in [2.45, 2.75) is 39.5 Å². The van der Waals surface area contributed by atoms with Crippen LogP contribution < -0.4 is 5.73 Å². The summed E-state index contributed by atoms with van der Waals surface area (Å²) in [5.41, 5.74) is 9.69. The Hall–Kier alpha value is -0.820. The van der Waals surface area contributed by atoms with Crippen molar-refractivity contribution in [3.8, 4) is 0 Å². The molecule has 0 spiro atoms. The van der Waals surface area contributed by atoms with Crippen molar-refractivity contribution < 1.29 is 0 Å². The standard InChI is InChI=1S/C13H21N/c1-10-7-11(2)9-13(8-10)12(3)5-4-6-14/h7-9,12H,4-6,14H2,1-3H3. The Kier molecular flexibility index (Phi) is 4.15. The van der Waals surface area contributed by atoms with E-state index in [4.69, 9.17) is 5.73 Å². The zero-order chi connectivity index (χ0) is 10.6. The van der Waals surface area contributed by atoms with Gasteiger partial charge in [0.2, 0.25) is 0 Å². The number of hydrogen-bond acceptors (Lipinski definition) is 1. The Morgan fingerprint density at radius 1 is 1.14 bits per heavy atom. The quantitative estimate of drug-likeness (QED) is 0.777. The first kappa shape index (κ1) is 11.3. The van der Waals surface area contributed by atoms with Crippen molar-refractivity contribution >= 4 is 0 Å². The van der Waals surface area contributed by atoms with Crippen LogP contribution in [0.4, 0.5) is 0 Å². The van der Waals surface area contributed by atoms with Gasteiger partial charge in [0.05, 0.1) is 0 Å². The predicted molar refractivity (Wildman–Crippen MR) is 62.6 cm³/mol. The highest BCUT2D eigenvalue weighted by atomic mass is 14.5. The molecule has 0 heterocycles. The second-order valence-electron chi connectivity index (χ2n) is 4.25. The van der Waals surface area contributed by atoms with Crippen LogP contribution in [-0.2, 0) is 0 Å². The molecule has 1 unspecified atom stereocenters. The van der Waals surface area contributed by atoms with E-state index in [2.05, 4.69) is 39.0 Å². The maximum absolute atomic E-state index is 5.51.